The van der Waals surface area contributed by atoms with Crippen LogP contribution in [0.25, 0.3) is 0 Å². The highest BCUT2D eigenvalue weighted by Crippen LogP contribution is 2.26. The fourth-order valence-corrected chi connectivity index (χ4v) is 2.27. The molecule has 0 bridgehead atoms. The Balaban J connectivity index is 2.01. The number of para-hydroxylation sites is 1. The summed E-state index contributed by atoms with van der Waals surface area (Å²) in [4.78, 5) is 0. The lowest BCUT2D eigenvalue weighted by atomic mass is 9.94. The van der Waals surface area contributed by atoms with Crippen LogP contribution in [0.4, 0.5) is 0 Å². The predicted octanol–water partition coefficient (Wildman–Crippen LogP) is 2.36. The van der Waals surface area contributed by atoms with Gasteiger partial charge in [-0.3, -0.25) is 0 Å². The molecule has 1 aromatic carbocycles. The van der Waals surface area contributed by atoms with Crippen LogP contribution in [0, 0.1) is 12.3 Å². The molecule has 2 rings (SSSR count). The lowest BCUT2D eigenvalue weighted by Gasteiger charge is -2.29. The zero-order valence-electron chi connectivity index (χ0n) is 11.6. The number of hydrogen-bond acceptors (Lipinski definition) is 3. The van der Waals surface area contributed by atoms with Gasteiger partial charge < -0.3 is 14.8 Å². The van der Waals surface area contributed by atoms with Gasteiger partial charge >= 0.3 is 0 Å². The molecule has 1 aliphatic rings. The second kappa shape index (κ2) is 6.10. The standard InChI is InChI=1S/C16H21NO2/c1-4-10-19-15-8-6-5-7-14(15)12-17-16(3)9-11-18-13(16)2/h1,5-8,13,17H,9-12H2,2-3H3. The van der Waals surface area contributed by atoms with Gasteiger partial charge in [0.25, 0.3) is 0 Å². The second-order valence-electron chi connectivity index (χ2n) is 5.13. The monoisotopic (exact) mass is 259 g/mol. The Bertz CT molecular complexity index is 466. The van der Waals surface area contributed by atoms with Crippen molar-refractivity contribution in [2.75, 3.05) is 13.2 Å². The van der Waals surface area contributed by atoms with Crippen LogP contribution in [0.15, 0.2) is 24.3 Å². The van der Waals surface area contributed by atoms with Crippen LogP contribution in [0.5, 0.6) is 5.75 Å². The Morgan fingerprint density at radius 3 is 3.00 bits per heavy atom. The molecule has 0 saturated carbocycles. The summed E-state index contributed by atoms with van der Waals surface area (Å²) >= 11 is 0. The fraction of sp³-hybridized carbons (Fsp3) is 0.500. The van der Waals surface area contributed by atoms with Crippen LogP contribution in [0.1, 0.15) is 25.8 Å². The topological polar surface area (TPSA) is 30.5 Å². The molecule has 0 radical (unpaired) electrons. The van der Waals surface area contributed by atoms with E-state index in [-0.39, 0.29) is 11.6 Å². The molecule has 1 N–H and O–H groups in total. The van der Waals surface area contributed by atoms with E-state index in [4.69, 9.17) is 15.9 Å². The van der Waals surface area contributed by atoms with E-state index in [0.29, 0.717) is 6.61 Å². The van der Waals surface area contributed by atoms with Gasteiger partial charge in [0.05, 0.1) is 6.10 Å². The number of hydrogen-bond donors (Lipinski definition) is 1. The lowest BCUT2D eigenvalue weighted by Crippen LogP contribution is -2.47. The first-order valence-corrected chi connectivity index (χ1v) is 6.66. The molecule has 1 aliphatic heterocycles. The van der Waals surface area contributed by atoms with Crippen molar-refractivity contribution >= 4 is 0 Å². The molecule has 3 heteroatoms. The van der Waals surface area contributed by atoms with Crippen molar-refractivity contribution in [3.05, 3.63) is 29.8 Å². The summed E-state index contributed by atoms with van der Waals surface area (Å²) in [6.45, 7) is 6.19. The molecule has 1 fully saturated rings. The zero-order valence-corrected chi connectivity index (χ0v) is 11.6. The van der Waals surface area contributed by atoms with Gasteiger partial charge in [-0.1, -0.05) is 24.1 Å². The zero-order chi connectivity index (χ0) is 13.7. The van der Waals surface area contributed by atoms with Gasteiger partial charge in [0.1, 0.15) is 12.4 Å². The van der Waals surface area contributed by atoms with Gasteiger partial charge in [-0.25, -0.2) is 0 Å². The first-order valence-electron chi connectivity index (χ1n) is 6.66. The molecule has 0 aromatic heterocycles. The summed E-state index contributed by atoms with van der Waals surface area (Å²) in [5.74, 6) is 3.34. The summed E-state index contributed by atoms with van der Waals surface area (Å²) in [5.41, 5.74) is 1.15. The van der Waals surface area contributed by atoms with E-state index >= 15 is 0 Å². The first-order chi connectivity index (χ1) is 9.15. The molecular formula is C16H21NO2. The molecule has 0 spiro atoms. The molecule has 1 heterocycles. The lowest BCUT2D eigenvalue weighted by molar-refractivity contribution is 0.0880. The van der Waals surface area contributed by atoms with Crippen LogP contribution in [-0.2, 0) is 11.3 Å². The van der Waals surface area contributed by atoms with E-state index in [1.807, 2.05) is 18.2 Å². The van der Waals surface area contributed by atoms with Crippen LogP contribution in [-0.4, -0.2) is 24.9 Å². The maximum Gasteiger partial charge on any atom is 0.148 e. The molecule has 1 aromatic rings. The van der Waals surface area contributed by atoms with E-state index in [1.165, 1.54) is 0 Å². The minimum atomic E-state index is 0.0270. The van der Waals surface area contributed by atoms with Crippen molar-refractivity contribution in [2.45, 2.75) is 38.5 Å². The van der Waals surface area contributed by atoms with Crippen molar-refractivity contribution in [2.24, 2.45) is 0 Å². The Morgan fingerprint density at radius 1 is 1.53 bits per heavy atom. The van der Waals surface area contributed by atoms with Gasteiger partial charge in [0.15, 0.2) is 0 Å². The van der Waals surface area contributed by atoms with Crippen molar-refractivity contribution in [3.8, 4) is 18.1 Å². The van der Waals surface area contributed by atoms with Gasteiger partial charge in [-0.05, 0) is 26.3 Å². The summed E-state index contributed by atoms with van der Waals surface area (Å²) in [6, 6.07) is 7.98. The number of rotatable bonds is 5. The Hall–Kier alpha value is -1.50. The molecule has 0 aliphatic carbocycles. The highest BCUT2D eigenvalue weighted by Gasteiger charge is 2.36. The molecule has 1 saturated heterocycles. The van der Waals surface area contributed by atoms with E-state index in [9.17, 15) is 0 Å². The minimum Gasteiger partial charge on any atom is -0.481 e. The highest BCUT2D eigenvalue weighted by molar-refractivity contribution is 5.33. The maximum absolute atomic E-state index is 5.63. The van der Waals surface area contributed by atoms with Gasteiger partial charge in [0.2, 0.25) is 0 Å². The first kappa shape index (κ1) is 13.9. The number of ether oxygens (including phenoxy) is 2. The van der Waals surface area contributed by atoms with Gasteiger partial charge in [-0.15, -0.1) is 6.42 Å². The van der Waals surface area contributed by atoms with E-state index in [0.717, 1.165) is 30.9 Å². The molecule has 2 atom stereocenters. The molecule has 19 heavy (non-hydrogen) atoms. The predicted molar refractivity (Wildman–Crippen MR) is 76.0 cm³/mol. The summed E-state index contributed by atoms with van der Waals surface area (Å²) in [6.07, 6.45) is 6.49. The van der Waals surface area contributed by atoms with Crippen molar-refractivity contribution in [1.82, 2.24) is 5.32 Å². The molecule has 102 valence electrons. The van der Waals surface area contributed by atoms with E-state index in [1.54, 1.807) is 0 Å². The molecule has 0 amide bonds. The second-order valence-corrected chi connectivity index (χ2v) is 5.13. The van der Waals surface area contributed by atoms with Crippen LogP contribution < -0.4 is 10.1 Å². The van der Waals surface area contributed by atoms with Crippen LogP contribution in [0.2, 0.25) is 0 Å². The van der Waals surface area contributed by atoms with Gasteiger partial charge in [0, 0.05) is 24.3 Å². The Labute approximate surface area is 115 Å². The third kappa shape index (κ3) is 3.28. The normalized spacial score (nSPS) is 26.1. The number of nitrogens with one attached hydrogen (secondary N) is 1. The quantitative estimate of drug-likeness (QED) is 0.823. The summed E-state index contributed by atoms with van der Waals surface area (Å²) < 4.78 is 11.2. The molecule has 3 nitrogen and oxygen atoms in total. The van der Waals surface area contributed by atoms with Crippen LogP contribution >= 0.6 is 0 Å². The third-order valence-electron chi connectivity index (χ3n) is 3.85. The van der Waals surface area contributed by atoms with E-state index in [2.05, 4.69) is 31.2 Å². The van der Waals surface area contributed by atoms with E-state index < -0.39 is 0 Å². The van der Waals surface area contributed by atoms with Crippen molar-refractivity contribution in [3.63, 3.8) is 0 Å². The summed E-state index contributed by atoms with van der Waals surface area (Å²) in [7, 11) is 0. The number of benzene rings is 1. The average molecular weight is 259 g/mol. The maximum atomic E-state index is 5.63. The number of terminal acetylenes is 1. The minimum absolute atomic E-state index is 0.0270. The average Bonchev–Trinajstić information content (AvgIpc) is 2.75. The fourth-order valence-electron chi connectivity index (χ4n) is 2.27. The Kier molecular flexibility index (Phi) is 4.47. The van der Waals surface area contributed by atoms with Crippen LogP contribution in [0.3, 0.4) is 0 Å². The molecule has 2 unspecified atom stereocenters. The van der Waals surface area contributed by atoms with Crippen molar-refractivity contribution < 1.29 is 9.47 Å². The van der Waals surface area contributed by atoms with Gasteiger partial charge in [-0.2, -0.15) is 0 Å². The SMILES string of the molecule is C#CCOc1ccccc1CNC1(C)CCOC1C. The summed E-state index contributed by atoms with van der Waals surface area (Å²) in [5, 5.41) is 3.58. The molecular weight excluding hydrogens is 238 g/mol. The largest absolute Gasteiger partial charge is 0.481 e. The Morgan fingerprint density at radius 2 is 2.32 bits per heavy atom. The van der Waals surface area contributed by atoms with Crippen molar-refractivity contribution in [1.29, 1.82) is 0 Å². The smallest absolute Gasteiger partial charge is 0.148 e. The highest BCUT2D eigenvalue weighted by atomic mass is 16.5. The third-order valence-corrected chi connectivity index (χ3v) is 3.85.